The minimum atomic E-state index is 0. The number of nitrogens with zero attached hydrogens (tertiary/aromatic N) is 2. The first-order valence-electron chi connectivity index (χ1n) is 5.04. The molecule has 92 valence electrons. The molecule has 3 N–H and O–H groups in total. The van der Waals surface area contributed by atoms with Crippen molar-refractivity contribution >= 4 is 11.8 Å². The van der Waals surface area contributed by atoms with E-state index < -0.39 is 0 Å². The van der Waals surface area contributed by atoms with Crippen molar-refractivity contribution < 1.29 is 22.6 Å². The second kappa shape index (κ2) is 6.64. The summed E-state index contributed by atoms with van der Waals surface area (Å²) in [5.74, 6) is 0.605. The maximum atomic E-state index is 5.45. The van der Waals surface area contributed by atoms with Gasteiger partial charge in [-0.05, 0) is 11.8 Å². The van der Waals surface area contributed by atoms with Crippen molar-refractivity contribution in [3.8, 4) is 0 Å². The largest absolute Gasteiger partial charge is 1.00 e. The summed E-state index contributed by atoms with van der Waals surface area (Å²) in [6, 6.07) is 10.2. The summed E-state index contributed by atoms with van der Waals surface area (Å²) in [7, 11) is 0. The van der Waals surface area contributed by atoms with E-state index in [0.717, 1.165) is 6.42 Å². The molecule has 2 aromatic rings. The van der Waals surface area contributed by atoms with Crippen molar-refractivity contribution in [2.24, 2.45) is 0 Å². The van der Waals surface area contributed by atoms with Gasteiger partial charge in [0, 0.05) is 6.42 Å². The van der Waals surface area contributed by atoms with E-state index in [0.29, 0.717) is 11.1 Å². The SMILES string of the molecule is CSc1nnc([C@@H]([NH3+])Cc2ccccc2)o1.[Cl-]. The summed E-state index contributed by atoms with van der Waals surface area (Å²) in [4.78, 5) is 0. The Balaban J connectivity index is 0.00000144. The zero-order valence-corrected chi connectivity index (χ0v) is 11.0. The minimum absolute atomic E-state index is 0. The third kappa shape index (κ3) is 3.73. The van der Waals surface area contributed by atoms with Gasteiger partial charge in [0.25, 0.3) is 11.1 Å². The molecule has 0 aliphatic heterocycles. The van der Waals surface area contributed by atoms with Crippen LogP contribution in [0.15, 0.2) is 40.0 Å². The predicted molar refractivity (Wildman–Crippen MR) is 61.9 cm³/mol. The zero-order chi connectivity index (χ0) is 11.4. The number of hydrogen-bond acceptors (Lipinski definition) is 4. The molecule has 6 heteroatoms. The fourth-order valence-corrected chi connectivity index (χ4v) is 1.74. The fraction of sp³-hybridized carbons (Fsp3) is 0.273. The van der Waals surface area contributed by atoms with E-state index >= 15 is 0 Å². The number of thioether (sulfide) groups is 1. The van der Waals surface area contributed by atoms with Crippen LogP contribution >= 0.6 is 11.8 Å². The number of halogens is 1. The Kier molecular flexibility index (Phi) is 5.47. The first-order chi connectivity index (χ1) is 7.79. The van der Waals surface area contributed by atoms with Gasteiger partial charge >= 0.3 is 0 Å². The van der Waals surface area contributed by atoms with Gasteiger partial charge in [0.1, 0.15) is 0 Å². The molecular formula is C11H14ClN3OS. The molecule has 0 fully saturated rings. The summed E-state index contributed by atoms with van der Waals surface area (Å²) in [6.07, 6.45) is 2.73. The lowest BCUT2D eigenvalue weighted by Crippen LogP contribution is -3.00. The Hall–Kier alpha value is -1.04. The van der Waals surface area contributed by atoms with Crippen LogP contribution in [0.1, 0.15) is 17.5 Å². The predicted octanol–water partition coefficient (Wildman–Crippen LogP) is -1.68. The van der Waals surface area contributed by atoms with Crippen LogP contribution in [0.5, 0.6) is 0 Å². The zero-order valence-electron chi connectivity index (χ0n) is 9.47. The van der Waals surface area contributed by atoms with E-state index in [4.69, 9.17) is 4.42 Å². The highest BCUT2D eigenvalue weighted by Gasteiger charge is 2.17. The van der Waals surface area contributed by atoms with E-state index in [1.807, 2.05) is 24.5 Å². The van der Waals surface area contributed by atoms with Gasteiger partial charge in [0.15, 0.2) is 6.04 Å². The monoisotopic (exact) mass is 271 g/mol. The first-order valence-corrected chi connectivity index (χ1v) is 6.26. The maximum Gasteiger partial charge on any atom is 0.276 e. The van der Waals surface area contributed by atoms with Crippen molar-refractivity contribution in [1.29, 1.82) is 0 Å². The van der Waals surface area contributed by atoms with E-state index in [9.17, 15) is 0 Å². The summed E-state index contributed by atoms with van der Waals surface area (Å²) >= 11 is 1.45. The highest BCUT2D eigenvalue weighted by molar-refractivity contribution is 7.98. The van der Waals surface area contributed by atoms with E-state index in [1.165, 1.54) is 17.3 Å². The summed E-state index contributed by atoms with van der Waals surface area (Å²) < 4.78 is 5.45. The molecule has 1 heterocycles. The molecule has 1 aromatic carbocycles. The molecule has 17 heavy (non-hydrogen) atoms. The highest BCUT2D eigenvalue weighted by atomic mass is 35.5. The molecule has 0 spiro atoms. The molecule has 0 saturated heterocycles. The molecular weight excluding hydrogens is 258 g/mol. The number of aromatic nitrogens is 2. The molecule has 0 aliphatic carbocycles. The van der Waals surface area contributed by atoms with Crippen LogP contribution in [-0.2, 0) is 6.42 Å². The Morgan fingerprint density at radius 3 is 2.59 bits per heavy atom. The van der Waals surface area contributed by atoms with Gasteiger partial charge in [-0.3, -0.25) is 0 Å². The fourth-order valence-electron chi connectivity index (χ4n) is 1.45. The van der Waals surface area contributed by atoms with Crippen LogP contribution in [0.3, 0.4) is 0 Å². The van der Waals surface area contributed by atoms with Crippen LogP contribution < -0.4 is 18.1 Å². The van der Waals surface area contributed by atoms with Crippen molar-refractivity contribution in [3.05, 3.63) is 41.8 Å². The molecule has 0 radical (unpaired) electrons. The van der Waals surface area contributed by atoms with Crippen LogP contribution in [-0.4, -0.2) is 16.5 Å². The lowest BCUT2D eigenvalue weighted by Gasteiger charge is -2.03. The van der Waals surface area contributed by atoms with E-state index in [-0.39, 0.29) is 18.4 Å². The van der Waals surface area contributed by atoms with Gasteiger partial charge in [0.05, 0.1) is 0 Å². The lowest BCUT2D eigenvalue weighted by atomic mass is 10.1. The molecule has 0 saturated carbocycles. The van der Waals surface area contributed by atoms with E-state index in [1.54, 1.807) is 0 Å². The Morgan fingerprint density at radius 1 is 1.29 bits per heavy atom. The van der Waals surface area contributed by atoms with Crippen LogP contribution in [0.2, 0.25) is 0 Å². The van der Waals surface area contributed by atoms with Gasteiger partial charge in [-0.1, -0.05) is 42.1 Å². The average Bonchev–Trinajstić information content (AvgIpc) is 2.79. The number of rotatable bonds is 4. The Bertz CT molecular complexity index is 449. The molecule has 0 aliphatic rings. The van der Waals surface area contributed by atoms with Crippen molar-refractivity contribution in [3.63, 3.8) is 0 Å². The smallest absolute Gasteiger partial charge is 0.276 e. The van der Waals surface area contributed by atoms with Crippen LogP contribution in [0.4, 0.5) is 0 Å². The molecule has 1 atom stereocenters. The third-order valence-electron chi connectivity index (χ3n) is 2.27. The quantitative estimate of drug-likeness (QED) is 0.675. The number of hydrogen-bond donors (Lipinski definition) is 1. The van der Waals surface area contributed by atoms with E-state index in [2.05, 4.69) is 28.1 Å². The van der Waals surface area contributed by atoms with Gasteiger partial charge in [-0.2, -0.15) is 0 Å². The normalized spacial score (nSPS) is 11.9. The first kappa shape index (κ1) is 14.0. The van der Waals surface area contributed by atoms with Crippen molar-refractivity contribution in [1.82, 2.24) is 10.2 Å². The summed E-state index contributed by atoms with van der Waals surface area (Å²) in [5.41, 5.74) is 5.27. The number of benzene rings is 1. The van der Waals surface area contributed by atoms with Gasteiger partial charge in [-0.15, -0.1) is 10.2 Å². The standard InChI is InChI=1S/C11H13N3OS.ClH/c1-16-11-14-13-10(15-11)9(12)7-8-5-3-2-4-6-8;/h2-6,9H,7,12H2,1H3;1H/t9-;/m0./s1. The second-order valence-corrected chi connectivity index (χ2v) is 4.25. The maximum absolute atomic E-state index is 5.45. The minimum Gasteiger partial charge on any atom is -1.00 e. The second-order valence-electron chi connectivity index (χ2n) is 3.50. The molecule has 0 unspecified atom stereocenters. The topological polar surface area (TPSA) is 66.6 Å². The molecule has 1 aromatic heterocycles. The number of quaternary nitrogens is 1. The van der Waals surface area contributed by atoms with Crippen LogP contribution in [0.25, 0.3) is 0 Å². The van der Waals surface area contributed by atoms with Gasteiger partial charge < -0.3 is 22.6 Å². The molecule has 4 nitrogen and oxygen atoms in total. The average molecular weight is 272 g/mol. The Labute approximate surface area is 110 Å². The molecule has 0 amide bonds. The highest BCUT2D eigenvalue weighted by Crippen LogP contribution is 2.17. The van der Waals surface area contributed by atoms with Crippen molar-refractivity contribution in [2.45, 2.75) is 17.7 Å². The van der Waals surface area contributed by atoms with Crippen LogP contribution in [0, 0.1) is 0 Å². The Morgan fingerprint density at radius 2 is 2.00 bits per heavy atom. The van der Waals surface area contributed by atoms with Gasteiger partial charge in [-0.25, -0.2) is 0 Å². The molecule has 0 bridgehead atoms. The summed E-state index contributed by atoms with van der Waals surface area (Å²) in [5, 5.41) is 8.48. The molecule has 2 rings (SSSR count). The van der Waals surface area contributed by atoms with Crippen molar-refractivity contribution in [2.75, 3.05) is 6.26 Å². The lowest BCUT2D eigenvalue weighted by molar-refractivity contribution is -0.431. The summed E-state index contributed by atoms with van der Waals surface area (Å²) in [6.45, 7) is 0. The third-order valence-corrected chi connectivity index (χ3v) is 2.79. The van der Waals surface area contributed by atoms with Gasteiger partial charge in [0.2, 0.25) is 0 Å².